The first kappa shape index (κ1) is 25.0. The number of piperidine rings is 1. The van der Waals surface area contributed by atoms with E-state index in [1.807, 2.05) is 30.3 Å². The summed E-state index contributed by atoms with van der Waals surface area (Å²) in [5.74, 6) is -2.86. The van der Waals surface area contributed by atoms with E-state index in [1.54, 1.807) is 31.2 Å². The minimum Gasteiger partial charge on any atom is -0.464 e. The predicted octanol–water partition coefficient (Wildman–Crippen LogP) is 6.08. The lowest BCUT2D eigenvalue weighted by Gasteiger charge is -2.42. The summed E-state index contributed by atoms with van der Waals surface area (Å²) < 4.78 is 47.7. The molecule has 1 N–H and O–H groups in total. The van der Waals surface area contributed by atoms with Crippen molar-refractivity contribution in [1.29, 1.82) is 0 Å². The third kappa shape index (κ3) is 4.98. The predicted molar refractivity (Wildman–Crippen MR) is 134 cm³/mol. The van der Waals surface area contributed by atoms with E-state index in [4.69, 9.17) is 4.42 Å². The molecule has 2 aromatic carbocycles. The van der Waals surface area contributed by atoms with Gasteiger partial charge in [0.05, 0.1) is 33.7 Å². The van der Waals surface area contributed by atoms with Gasteiger partial charge < -0.3 is 14.6 Å². The van der Waals surface area contributed by atoms with Crippen LogP contribution in [0.2, 0.25) is 0 Å². The molecule has 0 saturated carbocycles. The Labute approximate surface area is 215 Å². The van der Waals surface area contributed by atoms with E-state index in [1.165, 1.54) is 22.5 Å². The SMILES string of the molecule is Cc1nc(C(=O)N2CCC[C@H](C(F)(F)F)[C@@H]2CNC(=O)c2cccc3occc23)c(-c2ccccc2)s1. The van der Waals surface area contributed by atoms with E-state index in [0.29, 0.717) is 26.4 Å². The molecule has 1 aliphatic heterocycles. The molecular weight excluding hydrogens is 503 g/mol. The number of aromatic nitrogens is 1. The van der Waals surface area contributed by atoms with Gasteiger partial charge in [-0.25, -0.2) is 4.98 Å². The standard InChI is InChI=1S/C27H24F3N3O3S/c1-16-32-23(24(37-16)17-7-3-2-4-8-17)26(35)33-13-6-10-20(27(28,29)30)21(33)15-31-25(34)19-9-5-11-22-18(19)12-14-36-22/h2-5,7-9,11-12,14,20-21H,6,10,13,15H2,1H3,(H,31,34)/t20-,21-/m0/s1. The van der Waals surface area contributed by atoms with Gasteiger partial charge in [-0.3, -0.25) is 9.59 Å². The van der Waals surface area contributed by atoms with E-state index in [0.717, 1.165) is 5.56 Å². The van der Waals surface area contributed by atoms with Crippen LogP contribution in [0.5, 0.6) is 0 Å². The van der Waals surface area contributed by atoms with Gasteiger partial charge in [0.15, 0.2) is 0 Å². The van der Waals surface area contributed by atoms with Crippen molar-refractivity contribution >= 4 is 34.1 Å². The van der Waals surface area contributed by atoms with Gasteiger partial charge in [-0.05, 0) is 43.5 Å². The van der Waals surface area contributed by atoms with Crippen molar-refractivity contribution in [2.24, 2.45) is 5.92 Å². The van der Waals surface area contributed by atoms with E-state index in [2.05, 4.69) is 10.3 Å². The van der Waals surface area contributed by atoms with Crippen LogP contribution in [0, 0.1) is 12.8 Å². The maximum absolute atomic E-state index is 14.1. The largest absolute Gasteiger partial charge is 0.464 e. The number of nitrogens with one attached hydrogen (secondary N) is 1. The van der Waals surface area contributed by atoms with Gasteiger partial charge in [0.2, 0.25) is 0 Å². The molecule has 0 bridgehead atoms. The number of halogens is 3. The minimum absolute atomic E-state index is 0.118. The molecule has 2 atom stereocenters. The first-order chi connectivity index (χ1) is 17.7. The summed E-state index contributed by atoms with van der Waals surface area (Å²) in [7, 11) is 0. The summed E-state index contributed by atoms with van der Waals surface area (Å²) in [6.45, 7) is 1.57. The lowest BCUT2D eigenvalue weighted by atomic mass is 9.87. The summed E-state index contributed by atoms with van der Waals surface area (Å²) in [5.41, 5.74) is 1.71. The van der Waals surface area contributed by atoms with Gasteiger partial charge >= 0.3 is 6.18 Å². The van der Waals surface area contributed by atoms with E-state index >= 15 is 0 Å². The number of hydrogen-bond acceptors (Lipinski definition) is 5. The highest BCUT2D eigenvalue weighted by Gasteiger charge is 2.49. The van der Waals surface area contributed by atoms with Crippen molar-refractivity contribution in [3.8, 4) is 10.4 Å². The Bertz CT molecular complexity index is 1430. The van der Waals surface area contributed by atoms with Gasteiger partial charge in [0, 0.05) is 18.5 Å². The number of carbonyl (C=O) groups excluding carboxylic acids is 2. The highest BCUT2D eigenvalue weighted by Crippen LogP contribution is 2.39. The summed E-state index contributed by atoms with van der Waals surface area (Å²) >= 11 is 1.33. The van der Waals surface area contributed by atoms with Gasteiger partial charge in [0.25, 0.3) is 11.8 Å². The summed E-state index contributed by atoms with van der Waals surface area (Å²) in [6.07, 6.45) is -2.99. The highest BCUT2D eigenvalue weighted by atomic mass is 32.1. The first-order valence-corrected chi connectivity index (χ1v) is 12.7. The number of furan rings is 1. The van der Waals surface area contributed by atoms with Crippen LogP contribution in [-0.4, -0.2) is 47.0 Å². The lowest BCUT2D eigenvalue weighted by Crippen LogP contribution is -2.57. The first-order valence-electron chi connectivity index (χ1n) is 11.9. The fraction of sp³-hybridized carbons (Fsp3) is 0.296. The average molecular weight is 528 g/mol. The molecule has 0 radical (unpaired) electrons. The van der Waals surface area contributed by atoms with Crippen molar-refractivity contribution in [3.05, 3.63) is 77.1 Å². The molecule has 0 spiro atoms. The Kier molecular flexibility index (Phi) is 6.76. The zero-order valence-electron chi connectivity index (χ0n) is 19.9. The maximum Gasteiger partial charge on any atom is 0.393 e. The fourth-order valence-electron chi connectivity index (χ4n) is 4.92. The van der Waals surface area contributed by atoms with Crippen LogP contribution in [0.3, 0.4) is 0 Å². The van der Waals surface area contributed by atoms with Gasteiger partial charge in [-0.2, -0.15) is 13.2 Å². The molecule has 10 heteroatoms. The third-order valence-electron chi connectivity index (χ3n) is 6.65. The Hall–Kier alpha value is -3.66. The van der Waals surface area contributed by atoms with Crippen molar-refractivity contribution in [2.45, 2.75) is 32.0 Å². The van der Waals surface area contributed by atoms with Crippen molar-refractivity contribution < 1.29 is 27.2 Å². The Balaban J connectivity index is 1.45. The molecular formula is C27H24F3N3O3S. The molecule has 3 heterocycles. The van der Waals surface area contributed by atoms with Crippen LogP contribution in [0.15, 0.2) is 65.3 Å². The molecule has 2 amide bonds. The summed E-state index contributed by atoms with van der Waals surface area (Å²) in [6, 6.07) is 14.5. The minimum atomic E-state index is -4.53. The van der Waals surface area contributed by atoms with E-state index in [9.17, 15) is 22.8 Å². The van der Waals surface area contributed by atoms with Crippen LogP contribution < -0.4 is 5.32 Å². The van der Waals surface area contributed by atoms with Gasteiger partial charge in [-0.15, -0.1) is 11.3 Å². The van der Waals surface area contributed by atoms with Crippen LogP contribution in [0.1, 0.15) is 38.7 Å². The monoisotopic (exact) mass is 527 g/mol. The number of likely N-dealkylation sites (tertiary alicyclic amines) is 1. The van der Waals surface area contributed by atoms with E-state index < -0.39 is 30.0 Å². The quantitative estimate of drug-likeness (QED) is 0.342. The molecule has 5 rings (SSSR count). The molecule has 6 nitrogen and oxygen atoms in total. The molecule has 192 valence electrons. The zero-order valence-corrected chi connectivity index (χ0v) is 20.7. The molecule has 4 aromatic rings. The Morgan fingerprint density at radius 2 is 1.92 bits per heavy atom. The highest BCUT2D eigenvalue weighted by molar-refractivity contribution is 7.15. The van der Waals surface area contributed by atoms with Gasteiger partial charge in [-0.1, -0.05) is 36.4 Å². The topological polar surface area (TPSA) is 75.4 Å². The van der Waals surface area contributed by atoms with Crippen LogP contribution in [0.25, 0.3) is 21.4 Å². The molecule has 0 aliphatic carbocycles. The van der Waals surface area contributed by atoms with Crippen molar-refractivity contribution in [3.63, 3.8) is 0 Å². The second kappa shape index (κ2) is 10.0. The van der Waals surface area contributed by atoms with Crippen molar-refractivity contribution in [2.75, 3.05) is 13.1 Å². The number of hydrogen-bond donors (Lipinski definition) is 1. The molecule has 1 aliphatic rings. The summed E-state index contributed by atoms with van der Waals surface area (Å²) in [4.78, 5) is 33.0. The normalized spacial score (nSPS) is 18.2. The second-order valence-electron chi connectivity index (χ2n) is 8.98. The number of benzene rings is 2. The van der Waals surface area contributed by atoms with Gasteiger partial charge in [0.1, 0.15) is 11.3 Å². The molecule has 2 aromatic heterocycles. The number of thiazole rings is 1. The van der Waals surface area contributed by atoms with Crippen molar-refractivity contribution in [1.82, 2.24) is 15.2 Å². The number of carbonyl (C=O) groups is 2. The Morgan fingerprint density at radius 1 is 1.14 bits per heavy atom. The number of alkyl halides is 3. The lowest BCUT2D eigenvalue weighted by molar-refractivity contribution is -0.196. The summed E-state index contributed by atoms with van der Waals surface area (Å²) in [5, 5.41) is 3.86. The molecule has 37 heavy (non-hydrogen) atoms. The van der Waals surface area contributed by atoms with Crippen LogP contribution in [0.4, 0.5) is 13.2 Å². The number of amides is 2. The number of fused-ring (bicyclic) bond motifs is 1. The molecule has 1 saturated heterocycles. The number of nitrogens with zero attached hydrogens (tertiary/aromatic N) is 2. The fourth-order valence-corrected chi connectivity index (χ4v) is 5.84. The van der Waals surface area contributed by atoms with Crippen LogP contribution >= 0.6 is 11.3 Å². The zero-order chi connectivity index (χ0) is 26.2. The van der Waals surface area contributed by atoms with Crippen LogP contribution in [-0.2, 0) is 0 Å². The average Bonchev–Trinajstić information content (AvgIpc) is 3.53. The molecule has 1 fully saturated rings. The third-order valence-corrected chi connectivity index (χ3v) is 7.66. The number of rotatable bonds is 5. The van der Waals surface area contributed by atoms with E-state index in [-0.39, 0.29) is 31.6 Å². The number of aryl methyl sites for hydroxylation is 1. The smallest absolute Gasteiger partial charge is 0.393 e. The molecule has 0 unspecified atom stereocenters. The Morgan fingerprint density at radius 3 is 2.68 bits per heavy atom. The maximum atomic E-state index is 14.1. The second-order valence-corrected chi connectivity index (χ2v) is 10.2.